The first-order valence-corrected chi connectivity index (χ1v) is 10.8. The largest absolute Gasteiger partial charge is 0.398 e. The summed E-state index contributed by atoms with van der Waals surface area (Å²) in [7, 11) is 0. The topological polar surface area (TPSA) is 143 Å². The van der Waals surface area contributed by atoms with E-state index >= 15 is 0 Å². The van der Waals surface area contributed by atoms with Crippen LogP contribution in [-0.2, 0) is 4.74 Å². The number of carbonyl (C=O) groups excluding carboxylic acids is 1. The van der Waals surface area contributed by atoms with Crippen LogP contribution in [0.5, 0.6) is 0 Å². The van der Waals surface area contributed by atoms with E-state index in [2.05, 4.69) is 10.3 Å². The van der Waals surface area contributed by atoms with Crippen molar-refractivity contribution < 1.29 is 24.0 Å². The Balaban J connectivity index is 1.92. The average molecular weight is 474 g/mol. The number of carbonyl (C=O) groups is 1. The second kappa shape index (κ2) is 10.6. The van der Waals surface area contributed by atoms with E-state index in [9.17, 15) is 24.4 Å². The maximum atomic E-state index is 13.7. The van der Waals surface area contributed by atoms with Gasteiger partial charge in [0, 0.05) is 48.7 Å². The zero-order chi connectivity index (χ0) is 24.9. The van der Waals surface area contributed by atoms with E-state index in [0.29, 0.717) is 61.9 Å². The predicted molar refractivity (Wildman–Crippen MR) is 128 cm³/mol. The highest BCUT2D eigenvalue weighted by molar-refractivity contribution is 6.07. The maximum Gasteiger partial charge on any atom is 0.305 e. The number of nitrogen functional groups attached to an aromatic ring is 1. The van der Waals surface area contributed by atoms with Crippen molar-refractivity contribution in [3.63, 3.8) is 0 Å². The fourth-order valence-corrected chi connectivity index (χ4v) is 3.39. The monoisotopic (exact) mass is 473 g/mol. The summed E-state index contributed by atoms with van der Waals surface area (Å²) in [5, 5.41) is 23.7. The molecule has 3 rings (SSSR count). The van der Waals surface area contributed by atoms with Crippen LogP contribution in [0.3, 0.4) is 0 Å². The van der Waals surface area contributed by atoms with Gasteiger partial charge in [-0.3, -0.25) is 19.9 Å². The van der Waals surface area contributed by atoms with Gasteiger partial charge in [-0.1, -0.05) is 0 Å². The molecule has 1 aliphatic heterocycles. The molecule has 0 saturated carbocycles. The van der Waals surface area contributed by atoms with Crippen LogP contribution in [0.15, 0.2) is 35.3 Å². The number of hydrogen-bond donors (Lipinski definition) is 3. The number of nitrogens with zero attached hydrogens (tertiary/aromatic N) is 3. The molecule has 0 radical (unpaired) electrons. The molecule has 0 bridgehead atoms. The zero-order valence-corrected chi connectivity index (χ0v) is 19.1. The molecular weight excluding hydrogens is 445 g/mol. The van der Waals surface area contributed by atoms with Crippen molar-refractivity contribution in [2.45, 2.75) is 25.9 Å². The molecule has 1 amide bonds. The highest BCUT2D eigenvalue weighted by atomic mass is 19.1. The number of amides is 1. The number of nitro benzene ring substituents is 1. The molecule has 0 spiro atoms. The first-order chi connectivity index (χ1) is 16.0. The summed E-state index contributed by atoms with van der Waals surface area (Å²) in [5.74, 6) is -1.65. The number of morpholine rings is 1. The Kier molecular flexibility index (Phi) is 7.79. The molecule has 1 aliphatic rings. The van der Waals surface area contributed by atoms with Crippen molar-refractivity contribution in [1.29, 1.82) is 0 Å². The summed E-state index contributed by atoms with van der Waals surface area (Å²) in [5.41, 5.74) is 6.67. The molecule has 0 atom stereocenters. The first-order valence-electron chi connectivity index (χ1n) is 10.8. The molecule has 0 unspecified atom stereocenters. The molecule has 1 heterocycles. The molecule has 10 nitrogen and oxygen atoms in total. The summed E-state index contributed by atoms with van der Waals surface area (Å²) in [6.45, 7) is 5.97. The van der Waals surface area contributed by atoms with Crippen LogP contribution in [0.4, 0.5) is 27.1 Å². The molecule has 0 aromatic heterocycles. The van der Waals surface area contributed by atoms with E-state index in [0.717, 1.165) is 12.1 Å². The highest BCUT2D eigenvalue weighted by Crippen LogP contribution is 2.32. The molecule has 0 aliphatic carbocycles. The maximum absolute atomic E-state index is 13.7. The number of aliphatic hydroxyl groups is 1. The fraction of sp³-hybridized carbons (Fsp3) is 0.391. The molecule has 2 aromatic rings. The first kappa shape index (κ1) is 25.1. The van der Waals surface area contributed by atoms with Gasteiger partial charge < -0.3 is 25.8 Å². The van der Waals surface area contributed by atoms with Gasteiger partial charge in [0.05, 0.1) is 35.1 Å². The van der Waals surface area contributed by atoms with Crippen molar-refractivity contribution in [3.8, 4) is 0 Å². The Morgan fingerprint density at radius 1 is 1.35 bits per heavy atom. The Labute approximate surface area is 196 Å². The molecular formula is C23H28FN5O5. The van der Waals surface area contributed by atoms with Crippen LogP contribution in [0.1, 0.15) is 36.2 Å². The third-order valence-corrected chi connectivity index (χ3v) is 5.29. The van der Waals surface area contributed by atoms with E-state index in [1.54, 1.807) is 32.2 Å². The van der Waals surface area contributed by atoms with Crippen molar-refractivity contribution >= 4 is 34.9 Å². The van der Waals surface area contributed by atoms with Crippen LogP contribution in [-0.4, -0.2) is 60.6 Å². The van der Waals surface area contributed by atoms with Gasteiger partial charge in [0.2, 0.25) is 5.82 Å². The van der Waals surface area contributed by atoms with Crippen molar-refractivity contribution in [1.82, 2.24) is 0 Å². The van der Waals surface area contributed by atoms with E-state index in [1.807, 2.05) is 4.90 Å². The normalized spacial score (nSPS) is 14.4. The zero-order valence-electron chi connectivity index (χ0n) is 19.1. The van der Waals surface area contributed by atoms with E-state index in [1.165, 1.54) is 6.07 Å². The van der Waals surface area contributed by atoms with Crippen LogP contribution < -0.4 is 16.0 Å². The van der Waals surface area contributed by atoms with E-state index < -0.39 is 27.9 Å². The second-order valence-electron chi connectivity index (χ2n) is 8.57. The summed E-state index contributed by atoms with van der Waals surface area (Å²) < 4.78 is 19.1. The van der Waals surface area contributed by atoms with Gasteiger partial charge in [-0.2, -0.15) is 4.39 Å². The standard InChI is InChI=1S/C23H28FN5O5/c1-23(2,31)5-6-26-14-16-11-19(21(13-18(16)25)28-7-9-34-10-8-28)27-22(30)15-3-4-17(24)20(12-15)29(32)33/h3-4,11-14,31H,5-10,25H2,1-2H3,(H,27,30). The molecule has 1 saturated heterocycles. The number of nitro groups is 1. The highest BCUT2D eigenvalue weighted by Gasteiger charge is 2.21. The second-order valence-corrected chi connectivity index (χ2v) is 8.57. The Hall–Kier alpha value is -3.57. The summed E-state index contributed by atoms with van der Waals surface area (Å²) in [6, 6.07) is 6.37. The lowest BCUT2D eigenvalue weighted by molar-refractivity contribution is -0.387. The lowest BCUT2D eigenvalue weighted by Crippen LogP contribution is -2.37. The summed E-state index contributed by atoms with van der Waals surface area (Å²) >= 11 is 0. The predicted octanol–water partition coefficient (Wildman–Crippen LogP) is 2.98. The number of nitrogens with two attached hydrogens (primary N) is 1. The summed E-state index contributed by atoms with van der Waals surface area (Å²) in [6.07, 6.45) is 2.03. The van der Waals surface area contributed by atoms with Gasteiger partial charge in [-0.05, 0) is 44.5 Å². The molecule has 11 heteroatoms. The number of halogens is 1. The molecule has 182 valence electrons. The minimum absolute atomic E-state index is 0.0572. The average Bonchev–Trinajstić information content (AvgIpc) is 2.78. The lowest BCUT2D eigenvalue weighted by atomic mass is 10.1. The van der Waals surface area contributed by atoms with Crippen LogP contribution in [0.25, 0.3) is 0 Å². The Bertz CT molecular complexity index is 1090. The Morgan fingerprint density at radius 3 is 2.71 bits per heavy atom. The number of benzene rings is 2. The van der Waals surface area contributed by atoms with Crippen molar-refractivity contribution in [3.05, 3.63) is 57.4 Å². The third-order valence-electron chi connectivity index (χ3n) is 5.29. The SMILES string of the molecule is CC(C)(O)CCN=Cc1cc(NC(=O)c2ccc(F)c([N+](=O)[O-])c2)c(N2CCOCC2)cc1N. The van der Waals surface area contributed by atoms with E-state index in [-0.39, 0.29) is 5.56 Å². The summed E-state index contributed by atoms with van der Waals surface area (Å²) in [4.78, 5) is 29.4. The minimum Gasteiger partial charge on any atom is -0.398 e. The van der Waals surface area contributed by atoms with Gasteiger partial charge in [0.15, 0.2) is 0 Å². The lowest BCUT2D eigenvalue weighted by Gasteiger charge is -2.31. The molecule has 4 N–H and O–H groups in total. The number of hydrogen-bond acceptors (Lipinski definition) is 8. The molecule has 34 heavy (non-hydrogen) atoms. The van der Waals surface area contributed by atoms with Gasteiger partial charge in [0.1, 0.15) is 0 Å². The van der Waals surface area contributed by atoms with Gasteiger partial charge in [-0.25, -0.2) is 0 Å². The Morgan fingerprint density at radius 2 is 2.06 bits per heavy atom. The van der Waals surface area contributed by atoms with Gasteiger partial charge >= 0.3 is 5.69 Å². The van der Waals surface area contributed by atoms with Crippen molar-refractivity contribution in [2.75, 3.05) is 48.8 Å². The quantitative estimate of drug-likeness (QED) is 0.231. The molecule has 2 aromatic carbocycles. The number of aliphatic imine (C=N–C) groups is 1. The van der Waals surface area contributed by atoms with Crippen LogP contribution in [0.2, 0.25) is 0 Å². The number of nitrogens with one attached hydrogen (secondary N) is 1. The fourth-order valence-electron chi connectivity index (χ4n) is 3.39. The molecule has 1 fully saturated rings. The third kappa shape index (κ3) is 6.49. The smallest absolute Gasteiger partial charge is 0.305 e. The van der Waals surface area contributed by atoms with Gasteiger partial charge in [0.25, 0.3) is 5.91 Å². The van der Waals surface area contributed by atoms with Crippen LogP contribution >= 0.6 is 0 Å². The van der Waals surface area contributed by atoms with E-state index in [4.69, 9.17) is 10.5 Å². The van der Waals surface area contributed by atoms with Crippen LogP contribution in [0, 0.1) is 15.9 Å². The number of ether oxygens (including phenoxy) is 1. The number of anilines is 3. The van der Waals surface area contributed by atoms with Crippen molar-refractivity contribution in [2.24, 2.45) is 4.99 Å². The number of rotatable bonds is 8. The minimum atomic E-state index is -1.02. The van der Waals surface area contributed by atoms with Gasteiger partial charge in [-0.15, -0.1) is 0 Å².